The Hall–Kier alpha value is -0.570. The zero-order chi connectivity index (χ0) is 15.2. The molecule has 0 heterocycles. The first-order valence-corrected chi connectivity index (χ1v) is 8.77. The van der Waals surface area contributed by atoms with Gasteiger partial charge in [-0.25, -0.2) is 0 Å². The van der Waals surface area contributed by atoms with Gasteiger partial charge in [0.2, 0.25) is 0 Å². The van der Waals surface area contributed by atoms with Crippen molar-refractivity contribution in [2.45, 2.75) is 71.4 Å². The van der Waals surface area contributed by atoms with Crippen molar-refractivity contribution in [3.8, 4) is 0 Å². The molecule has 4 aliphatic carbocycles. The summed E-state index contributed by atoms with van der Waals surface area (Å²) >= 11 is 0. The molecule has 4 aliphatic rings. The quantitative estimate of drug-likeness (QED) is 0.790. The molecule has 0 aromatic heterocycles. The Morgan fingerprint density at radius 3 is 1.95 bits per heavy atom. The van der Waals surface area contributed by atoms with Gasteiger partial charge in [0.1, 0.15) is 0 Å². The monoisotopic (exact) mass is 293 g/mol. The molecule has 3 heteroatoms. The van der Waals surface area contributed by atoms with Crippen LogP contribution in [-0.4, -0.2) is 25.2 Å². The largest absolute Gasteiger partial charge is 0.469 e. The van der Waals surface area contributed by atoms with Gasteiger partial charge in [-0.05, 0) is 75.5 Å². The second kappa shape index (κ2) is 5.57. The number of nitrogens with one attached hydrogen (secondary N) is 1. The first-order chi connectivity index (χ1) is 9.93. The van der Waals surface area contributed by atoms with E-state index in [0.29, 0.717) is 11.5 Å². The normalized spacial score (nSPS) is 41.6. The fraction of sp³-hybridized carbons (Fsp3) is 0.944. The summed E-state index contributed by atoms with van der Waals surface area (Å²) in [6.07, 6.45) is 8.69. The average Bonchev–Trinajstić information content (AvgIpc) is 2.44. The number of carbonyl (C=O) groups is 1. The highest BCUT2D eigenvalue weighted by Crippen LogP contribution is 2.61. The van der Waals surface area contributed by atoms with Crippen LogP contribution in [0, 0.1) is 29.1 Å². The lowest BCUT2D eigenvalue weighted by Gasteiger charge is -2.59. The average molecular weight is 293 g/mol. The highest BCUT2D eigenvalue weighted by atomic mass is 16.5. The second-order valence-electron chi connectivity index (χ2n) is 8.27. The molecule has 120 valence electrons. The lowest BCUT2D eigenvalue weighted by Crippen LogP contribution is -2.57. The fourth-order valence-corrected chi connectivity index (χ4v) is 5.81. The minimum Gasteiger partial charge on any atom is -0.469 e. The molecule has 21 heavy (non-hydrogen) atoms. The van der Waals surface area contributed by atoms with E-state index < -0.39 is 0 Å². The Labute approximate surface area is 129 Å². The Kier molecular flexibility index (Phi) is 4.06. The Morgan fingerprint density at radius 1 is 1.05 bits per heavy atom. The molecule has 3 nitrogen and oxygen atoms in total. The summed E-state index contributed by atoms with van der Waals surface area (Å²) in [6, 6.07) is 0.688. The van der Waals surface area contributed by atoms with Crippen molar-refractivity contribution >= 4 is 5.97 Å². The summed E-state index contributed by atoms with van der Waals surface area (Å²) in [6.45, 7) is 6.45. The minimum absolute atomic E-state index is 0.0774. The van der Waals surface area contributed by atoms with E-state index in [2.05, 4.69) is 19.2 Å². The summed E-state index contributed by atoms with van der Waals surface area (Å²) in [4.78, 5) is 11.7. The van der Waals surface area contributed by atoms with Crippen molar-refractivity contribution < 1.29 is 9.53 Å². The molecule has 0 aliphatic heterocycles. The van der Waals surface area contributed by atoms with Crippen LogP contribution in [0.25, 0.3) is 0 Å². The van der Waals surface area contributed by atoms with Crippen molar-refractivity contribution in [2.75, 3.05) is 7.11 Å². The number of ether oxygens (including phenoxy) is 1. The van der Waals surface area contributed by atoms with Crippen molar-refractivity contribution in [3.05, 3.63) is 0 Å². The molecule has 4 bridgehead atoms. The maximum Gasteiger partial charge on any atom is 0.309 e. The van der Waals surface area contributed by atoms with Crippen LogP contribution in [0.5, 0.6) is 0 Å². The fourth-order valence-electron chi connectivity index (χ4n) is 5.81. The molecule has 4 saturated carbocycles. The zero-order valence-corrected chi connectivity index (χ0v) is 14.0. The summed E-state index contributed by atoms with van der Waals surface area (Å²) < 4.78 is 4.89. The maximum atomic E-state index is 11.7. The molecular weight excluding hydrogens is 262 g/mol. The third kappa shape index (κ3) is 2.74. The van der Waals surface area contributed by atoms with E-state index in [1.165, 1.54) is 45.6 Å². The van der Waals surface area contributed by atoms with Crippen molar-refractivity contribution in [1.82, 2.24) is 5.32 Å². The van der Waals surface area contributed by atoms with E-state index in [-0.39, 0.29) is 17.9 Å². The lowest BCUT2D eigenvalue weighted by molar-refractivity contribution is -0.146. The van der Waals surface area contributed by atoms with Gasteiger partial charge in [-0.15, -0.1) is 0 Å². The van der Waals surface area contributed by atoms with Crippen LogP contribution in [0.15, 0.2) is 0 Å². The van der Waals surface area contributed by atoms with E-state index in [9.17, 15) is 4.79 Å². The third-order valence-corrected chi connectivity index (χ3v) is 6.84. The van der Waals surface area contributed by atoms with Gasteiger partial charge in [0.25, 0.3) is 0 Å². The molecule has 1 N–H and O–H groups in total. The highest BCUT2D eigenvalue weighted by molar-refractivity contribution is 5.72. The number of hydrogen-bond donors (Lipinski definition) is 1. The van der Waals surface area contributed by atoms with Gasteiger partial charge in [-0.1, -0.05) is 6.92 Å². The van der Waals surface area contributed by atoms with Gasteiger partial charge in [0.15, 0.2) is 0 Å². The van der Waals surface area contributed by atoms with Crippen molar-refractivity contribution in [2.24, 2.45) is 29.1 Å². The van der Waals surface area contributed by atoms with Crippen LogP contribution in [0.3, 0.4) is 0 Å². The second-order valence-corrected chi connectivity index (χ2v) is 8.27. The van der Waals surface area contributed by atoms with Crippen LogP contribution in [0.1, 0.15) is 59.3 Å². The molecule has 0 amide bonds. The number of methoxy groups -OCH3 is 1. The molecule has 4 fully saturated rings. The predicted octanol–water partition coefficient (Wildman–Crippen LogP) is 3.38. The summed E-state index contributed by atoms with van der Waals surface area (Å²) in [5.41, 5.74) is 0.499. The Balaban J connectivity index is 1.65. The van der Waals surface area contributed by atoms with E-state index in [0.717, 1.165) is 17.8 Å². The molecule has 3 atom stereocenters. The van der Waals surface area contributed by atoms with Crippen LogP contribution in [0.4, 0.5) is 0 Å². The number of hydrogen-bond acceptors (Lipinski definition) is 3. The SMILES string of the molecule is COC(=O)C(C)C(C)NC(C)C12CC3CC(CC(C3)C1)C2. The Bertz CT molecular complexity index is 371. The summed E-state index contributed by atoms with van der Waals surface area (Å²) in [5, 5.41) is 3.75. The molecular formula is C18H31NO2. The van der Waals surface area contributed by atoms with E-state index in [1.807, 2.05) is 6.92 Å². The first-order valence-electron chi connectivity index (χ1n) is 8.77. The highest BCUT2D eigenvalue weighted by Gasteiger charge is 2.53. The van der Waals surface area contributed by atoms with Crippen molar-refractivity contribution in [1.29, 1.82) is 0 Å². The topological polar surface area (TPSA) is 38.3 Å². The predicted molar refractivity (Wildman–Crippen MR) is 83.8 cm³/mol. The Morgan fingerprint density at radius 2 is 1.52 bits per heavy atom. The summed E-state index contributed by atoms with van der Waals surface area (Å²) in [5.74, 6) is 2.76. The van der Waals surface area contributed by atoms with Gasteiger partial charge in [0.05, 0.1) is 13.0 Å². The van der Waals surface area contributed by atoms with Crippen LogP contribution < -0.4 is 5.32 Å². The maximum absolute atomic E-state index is 11.7. The van der Waals surface area contributed by atoms with Gasteiger partial charge >= 0.3 is 5.97 Å². The number of carbonyl (C=O) groups excluding carboxylic acids is 1. The van der Waals surface area contributed by atoms with E-state index in [1.54, 1.807) is 0 Å². The first kappa shape index (κ1) is 15.3. The van der Waals surface area contributed by atoms with Gasteiger partial charge < -0.3 is 10.1 Å². The number of rotatable bonds is 5. The van der Waals surface area contributed by atoms with Crippen molar-refractivity contribution in [3.63, 3.8) is 0 Å². The van der Waals surface area contributed by atoms with Crippen LogP contribution in [-0.2, 0) is 9.53 Å². The van der Waals surface area contributed by atoms with Gasteiger partial charge in [-0.3, -0.25) is 4.79 Å². The molecule has 4 rings (SSSR count). The lowest BCUT2D eigenvalue weighted by atomic mass is 9.48. The third-order valence-electron chi connectivity index (χ3n) is 6.84. The van der Waals surface area contributed by atoms with E-state index >= 15 is 0 Å². The molecule has 0 radical (unpaired) electrons. The molecule has 0 aromatic rings. The standard InChI is InChI=1S/C18H31NO2/c1-11(17(20)21-4)12(2)19-13(3)18-8-14-5-15(9-18)7-16(6-14)10-18/h11-16,19H,5-10H2,1-4H3. The van der Waals surface area contributed by atoms with Crippen LogP contribution in [0.2, 0.25) is 0 Å². The smallest absolute Gasteiger partial charge is 0.309 e. The molecule has 0 saturated heterocycles. The molecule has 3 unspecified atom stereocenters. The summed E-state index contributed by atoms with van der Waals surface area (Å²) in [7, 11) is 1.48. The van der Waals surface area contributed by atoms with Gasteiger partial charge in [0, 0.05) is 12.1 Å². The molecule has 0 spiro atoms. The van der Waals surface area contributed by atoms with Crippen LogP contribution >= 0.6 is 0 Å². The zero-order valence-electron chi connectivity index (χ0n) is 14.0. The number of esters is 1. The molecule has 0 aromatic carbocycles. The van der Waals surface area contributed by atoms with Gasteiger partial charge in [-0.2, -0.15) is 0 Å². The minimum atomic E-state index is -0.104. The van der Waals surface area contributed by atoms with E-state index in [4.69, 9.17) is 4.74 Å².